The summed E-state index contributed by atoms with van der Waals surface area (Å²) in [7, 11) is 0. The van der Waals surface area contributed by atoms with Gasteiger partial charge in [0.15, 0.2) is 5.69 Å². The highest BCUT2D eigenvalue weighted by molar-refractivity contribution is 5.85. The van der Waals surface area contributed by atoms with Gasteiger partial charge in [-0.3, -0.25) is 4.79 Å². The first-order chi connectivity index (χ1) is 19.5. The summed E-state index contributed by atoms with van der Waals surface area (Å²) in [4.78, 5) is 23.6. The van der Waals surface area contributed by atoms with Crippen molar-refractivity contribution >= 4 is 11.9 Å². The zero-order valence-corrected chi connectivity index (χ0v) is 22.1. The maximum Gasteiger partial charge on any atom is 0.416 e. The Morgan fingerprint density at radius 3 is 2.24 bits per heavy atom. The average molecular weight is 578 g/mol. The molecule has 1 saturated carbocycles. The van der Waals surface area contributed by atoms with Crippen LogP contribution in [0.1, 0.15) is 59.3 Å². The fraction of sp³-hybridized carbons (Fsp3) is 0.345. The van der Waals surface area contributed by atoms with E-state index in [4.69, 9.17) is 14.9 Å². The van der Waals surface area contributed by atoms with E-state index in [9.17, 15) is 27.2 Å². The SMILES string of the molecule is C#C.O=C(Cn1nc(C(=O)O)cc1OCc1cc(F)cc(C(F)(F)F)c1)NC1CCCCC1.OCc1ccccc1. The van der Waals surface area contributed by atoms with Crippen LogP contribution in [0.15, 0.2) is 54.6 Å². The van der Waals surface area contributed by atoms with E-state index in [-0.39, 0.29) is 36.5 Å². The third-order valence-corrected chi connectivity index (χ3v) is 5.92. The fourth-order valence-electron chi connectivity index (χ4n) is 4.03. The number of halogens is 4. The molecule has 1 aromatic heterocycles. The molecule has 0 atom stereocenters. The zero-order valence-electron chi connectivity index (χ0n) is 22.1. The average Bonchev–Trinajstić information content (AvgIpc) is 3.36. The summed E-state index contributed by atoms with van der Waals surface area (Å²) in [6, 6.07) is 12.6. The number of carbonyl (C=O) groups is 2. The first-order valence-corrected chi connectivity index (χ1v) is 12.6. The minimum Gasteiger partial charge on any atom is -0.476 e. The van der Waals surface area contributed by atoms with Gasteiger partial charge in [0.05, 0.1) is 12.2 Å². The Morgan fingerprint density at radius 2 is 1.68 bits per heavy atom. The van der Waals surface area contributed by atoms with E-state index in [0.717, 1.165) is 60.5 Å². The van der Waals surface area contributed by atoms with Crippen molar-refractivity contribution in [1.82, 2.24) is 15.1 Å². The first-order valence-electron chi connectivity index (χ1n) is 12.6. The van der Waals surface area contributed by atoms with E-state index in [1.165, 1.54) is 0 Å². The number of alkyl halides is 3. The lowest BCUT2D eigenvalue weighted by Crippen LogP contribution is -2.38. The molecule has 0 unspecified atom stereocenters. The molecule has 0 spiro atoms. The van der Waals surface area contributed by atoms with Crippen LogP contribution in [0.4, 0.5) is 17.6 Å². The quantitative estimate of drug-likeness (QED) is 0.251. The minimum absolute atomic E-state index is 0.0354. The molecular formula is C29H31F4N3O5. The van der Waals surface area contributed by atoms with Gasteiger partial charge in [0.1, 0.15) is 19.0 Å². The third kappa shape index (κ3) is 11.0. The number of hydrogen-bond acceptors (Lipinski definition) is 5. The van der Waals surface area contributed by atoms with Crippen molar-refractivity contribution in [3.63, 3.8) is 0 Å². The van der Waals surface area contributed by atoms with E-state index in [1.54, 1.807) is 0 Å². The van der Waals surface area contributed by atoms with E-state index < -0.39 is 35.8 Å². The molecule has 0 aliphatic heterocycles. The van der Waals surface area contributed by atoms with Crippen LogP contribution in [-0.4, -0.2) is 37.9 Å². The monoisotopic (exact) mass is 577 g/mol. The van der Waals surface area contributed by atoms with Crippen LogP contribution in [-0.2, 0) is 30.7 Å². The van der Waals surface area contributed by atoms with Crippen LogP contribution in [0.3, 0.4) is 0 Å². The summed E-state index contributed by atoms with van der Waals surface area (Å²) < 4.78 is 58.6. The van der Waals surface area contributed by atoms with Crippen LogP contribution >= 0.6 is 0 Å². The highest BCUT2D eigenvalue weighted by Gasteiger charge is 2.31. The van der Waals surface area contributed by atoms with E-state index in [1.807, 2.05) is 30.3 Å². The molecule has 4 rings (SSSR count). The number of carboxylic acid groups (broad SMARTS) is 1. The molecule has 1 heterocycles. The Hall–Kier alpha value is -4.37. The number of benzene rings is 2. The summed E-state index contributed by atoms with van der Waals surface area (Å²) in [5, 5.41) is 24.4. The number of nitrogens with one attached hydrogen (secondary N) is 1. The number of hydrogen-bond donors (Lipinski definition) is 3. The Balaban J connectivity index is 0.000000500. The van der Waals surface area contributed by atoms with Gasteiger partial charge in [-0.1, -0.05) is 49.6 Å². The number of amides is 1. The number of aromatic nitrogens is 2. The Morgan fingerprint density at radius 1 is 1.02 bits per heavy atom. The third-order valence-electron chi connectivity index (χ3n) is 5.92. The van der Waals surface area contributed by atoms with Crippen molar-refractivity contribution < 1.29 is 42.1 Å². The van der Waals surface area contributed by atoms with E-state index in [2.05, 4.69) is 23.3 Å². The standard InChI is InChI=1S/C20H21F4N3O4.C7H8O.C2H2/c21-14-7-12(6-13(8-14)20(22,23)24)11-31-18-9-16(19(29)30)26-27(18)10-17(28)25-15-4-2-1-3-5-15;8-6-7-4-2-1-3-5-7;1-2/h6-9,15H,1-5,10-11H2,(H,25,28)(H,29,30);1-5,8H,6H2;1-2H. The number of aliphatic hydroxyl groups excluding tert-OH is 1. The largest absolute Gasteiger partial charge is 0.476 e. The van der Waals surface area contributed by atoms with Crippen molar-refractivity contribution in [3.05, 3.63) is 82.8 Å². The van der Waals surface area contributed by atoms with Gasteiger partial charge in [0.2, 0.25) is 11.8 Å². The van der Waals surface area contributed by atoms with Crippen molar-refractivity contribution in [2.75, 3.05) is 0 Å². The molecule has 1 aliphatic carbocycles. The van der Waals surface area contributed by atoms with Gasteiger partial charge in [0.25, 0.3) is 0 Å². The highest BCUT2D eigenvalue weighted by Crippen LogP contribution is 2.30. The summed E-state index contributed by atoms with van der Waals surface area (Å²) in [6.07, 6.45) is 8.12. The number of terminal acetylenes is 1. The predicted molar refractivity (Wildman–Crippen MR) is 142 cm³/mol. The Kier molecular flexibility index (Phi) is 12.8. The molecule has 12 heteroatoms. The molecule has 3 N–H and O–H groups in total. The number of nitrogens with zero attached hydrogens (tertiary/aromatic N) is 2. The van der Waals surface area contributed by atoms with Gasteiger partial charge in [-0.05, 0) is 42.2 Å². The normalized spacial score (nSPS) is 13.1. The summed E-state index contributed by atoms with van der Waals surface area (Å²) in [5.41, 5.74) is -0.704. The molecule has 1 amide bonds. The number of aromatic carboxylic acids is 1. The second-order valence-electron chi connectivity index (χ2n) is 9.01. The van der Waals surface area contributed by atoms with Gasteiger partial charge in [-0.15, -0.1) is 12.8 Å². The number of carboxylic acids is 1. The molecule has 2 aromatic carbocycles. The van der Waals surface area contributed by atoms with Gasteiger partial charge in [-0.2, -0.15) is 18.3 Å². The van der Waals surface area contributed by atoms with Gasteiger partial charge >= 0.3 is 12.1 Å². The highest BCUT2D eigenvalue weighted by atomic mass is 19.4. The van der Waals surface area contributed by atoms with E-state index >= 15 is 0 Å². The maximum absolute atomic E-state index is 13.6. The summed E-state index contributed by atoms with van der Waals surface area (Å²) in [6.45, 7) is -0.660. The zero-order chi connectivity index (χ0) is 30.4. The molecule has 0 radical (unpaired) electrons. The van der Waals surface area contributed by atoms with Crippen LogP contribution in [0.2, 0.25) is 0 Å². The molecule has 41 heavy (non-hydrogen) atoms. The molecule has 220 valence electrons. The maximum atomic E-state index is 13.6. The second kappa shape index (κ2) is 16.0. The number of ether oxygens (including phenoxy) is 1. The van der Waals surface area contributed by atoms with Crippen molar-refractivity contribution in [2.45, 2.75) is 64.1 Å². The number of carbonyl (C=O) groups excluding carboxylic acids is 1. The smallest absolute Gasteiger partial charge is 0.416 e. The van der Waals surface area contributed by atoms with E-state index in [0.29, 0.717) is 6.07 Å². The molecular weight excluding hydrogens is 546 g/mol. The van der Waals surface area contributed by atoms with Crippen molar-refractivity contribution in [3.8, 4) is 18.7 Å². The lowest BCUT2D eigenvalue weighted by atomic mass is 9.95. The van der Waals surface area contributed by atoms with Crippen molar-refractivity contribution in [1.29, 1.82) is 0 Å². The van der Waals surface area contributed by atoms with Crippen LogP contribution in [0.25, 0.3) is 0 Å². The van der Waals surface area contributed by atoms with Crippen molar-refractivity contribution in [2.24, 2.45) is 0 Å². The first kappa shape index (κ1) is 32.8. The van der Waals surface area contributed by atoms with Crippen LogP contribution in [0.5, 0.6) is 5.88 Å². The lowest BCUT2D eigenvalue weighted by Gasteiger charge is -2.22. The Bertz CT molecular complexity index is 1290. The molecule has 0 saturated heterocycles. The molecule has 0 bridgehead atoms. The Labute approximate surface area is 235 Å². The number of rotatable bonds is 8. The van der Waals surface area contributed by atoms with Gasteiger partial charge < -0.3 is 20.3 Å². The molecule has 1 fully saturated rings. The minimum atomic E-state index is -4.73. The van der Waals surface area contributed by atoms with Crippen LogP contribution < -0.4 is 10.1 Å². The fourth-order valence-corrected chi connectivity index (χ4v) is 4.03. The lowest BCUT2D eigenvalue weighted by molar-refractivity contribution is -0.137. The molecule has 1 aliphatic rings. The molecule has 3 aromatic rings. The topological polar surface area (TPSA) is 114 Å². The van der Waals surface area contributed by atoms with Gasteiger partial charge in [-0.25, -0.2) is 13.9 Å². The second-order valence-corrected chi connectivity index (χ2v) is 9.01. The number of aliphatic hydroxyl groups is 1. The molecule has 8 nitrogen and oxygen atoms in total. The van der Waals surface area contributed by atoms with Crippen LogP contribution in [0, 0.1) is 18.7 Å². The summed E-state index contributed by atoms with van der Waals surface area (Å²) >= 11 is 0. The van der Waals surface area contributed by atoms with Gasteiger partial charge in [0, 0.05) is 12.1 Å². The summed E-state index contributed by atoms with van der Waals surface area (Å²) in [5.74, 6) is -2.96. The predicted octanol–water partition coefficient (Wildman–Crippen LogP) is 5.20.